The van der Waals surface area contributed by atoms with Gasteiger partial charge in [-0.15, -0.1) is 0 Å². The van der Waals surface area contributed by atoms with E-state index in [4.69, 9.17) is 9.63 Å². The molecule has 82 valence electrons. The van der Waals surface area contributed by atoms with E-state index >= 15 is 0 Å². The first-order valence-electron chi connectivity index (χ1n) is 5.16. The van der Waals surface area contributed by atoms with Crippen molar-refractivity contribution in [2.75, 3.05) is 11.4 Å². The number of carboxylic acids is 1. The summed E-state index contributed by atoms with van der Waals surface area (Å²) >= 11 is 0. The van der Waals surface area contributed by atoms with Gasteiger partial charge in [-0.1, -0.05) is 5.16 Å². The van der Waals surface area contributed by atoms with Gasteiger partial charge in [0.05, 0.1) is 6.42 Å². The zero-order chi connectivity index (χ0) is 10.7. The lowest BCUT2D eigenvalue weighted by Gasteiger charge is -2.34. The van der Waals surface area contributed by atoms with Crippen molar-refractivity contribution in [3.8, 4) is 0 Å². The van der Waals surface area contributed by atoms with E-state index in [9.17, 15) is 4.79 Å². The van der Waals surface area contributed by atoms with Crippen LogP contribution in [0.15, 0.2) is 16.9 Å². The third kappa shape index (κ3) is 2.29. The number of piperidine rings is 1. The second-order valence-electron chi connectivity index (χ2n) is 3.80. The van der Waals surface area contributed by atoms with Gasteiger partial charge in [-0.2, -0.15) is 0 Å². The van der Waals surface area contributed by atoms with E-state index in [1.54, 1.807) is 6.07 Å². The fourth-order valence-electron chi connectivity index (χ4n) is 2.07. The van der Waals surface area contributed by atoms with Crippen LogP contribution in [0.5, 0.6) is 0 Å². The number of rotatable bonds is 3. The first kappa shape index (κ1) is 10.0. The van der Waals surface area contributed by atoms with Crippen LogP contribution in [-0.2, 0) is 4.79 Å². The summed E-state index contributed by atoms with van der Waals surface area (Å²) in [6.07, 6.45) is 4.78. The Hall–Kier alpha value is -1.52. The molecule has 15 heavy (non-hydrogen) atoms. The topological polar surface area (TPSA) is 66.6 Å². The normalized spacial score (nSPS) is 21.6. The second kappa shape index (κ2) is 4.33. The van der Waals surface area contributed by atoms with Crippen LogP contribution in [0.1, 0.15) is 25.7 Å². The average molecular weight is 210 g/mol. The standard InChI is InChI=1S/C10H14N2O3/c13-10(14)7-8-3-1-2-5-12(8)9-4-6-15-11-9/h4,6,8H,1-3,5,7H2,(H,13,14). The maximum atomic E-state index is 10.7. The largest absolute Gasteiger partial charge is 0.481 e. The van der Waals surface area contributed by atoms with Crippen molar-refractivity contribution in [2.24, 2.45) is 0 Å². The SMILES string of the molecule is O=C(O)CC1CCCCN1c1ccon1. The molecule has 0 radical (unpaired) electrons. The molecule has 0 spiro atoms. The monoisotopic (exact) mass is 210 g/mol. The zero-order valence-electron chi connectivity index (χ0n) is 8.43. The number of hydrogen-bond acceptors (Lipinski definition) is 4. The Morgan fingerprint density at radius 2 is 2.53 bits per heavy atom. The van der Waals surface area contributed by atoms with Crippen molar-refractivity contribution in [3.05, 3.63) is 12.3 Å². The van der Waals surface area contributed by atoms with Gasteiger partial charge in [0, 0.05) is 18.7 Å². The van der Waals surface area contributed by atoms with Gasteiger partial charge in [-0.25, -0.2) is 0 Å². The Bertz CT molecular complexity index is 323. The lowest BCUT2D eigenvalue weighted by atomic mass is 9.99. The van der Waals surface area contributed by atoms with Gasteiger partial charge in [0.25, 0.3) is 0 Å². The zero-order valence-corrected chi connectivity index (χ0v) is 8.43. The van der Waals surface area contributed by atoms with Crippen molar-refractivity contribution in [1.29, 1.82) is 0 Å². The van der Waals surface area contributed by atoms with Crippen molar-refractivity contribution >= 4 is 11.8 Å². The van der Waals surface area contributed by atoms with Gasteiger partial charge in [-0.3, -0.25) is 4.79 Å². The molecule has 1 aromatic rings. The van der Waals surface area contributed by atoms with Gasteiger partial charge in [-0.05, 0) is 19.3 Å². The van der Waals surface area contributed by atoms with Gasteiger partial charge in [0.15, 0.2) is 5.82 Å². The summed E-state index contributed by atoms with van der Waals surface area (Å²) in [6, 6.07) is 1.83. The first-order chi connectivity index (χ1) is 7.27. The number of aromatic nitrogens is 1. The van der Waals surface area contributed by atoms with Crippen molar-refractivity contribution in [1.82, 2.24) is 5.16 Å². The third-order valence-electron chi connectivity index (χ3n) is 2.76. The van der Waals surface area contributed by atoms with Crippen LogP contribution in [0, 0.1) is 0 Å². The molecule has 1 aromatic heterocycles. The lowest BCUT2D eigenvalue weighted by molar-refractivity contribution is -0.137. The highest BCUT2D eigenvalue weighted by Gasteiger charge is 2.26. The molecule has 0 saturated carbocycles. The Balaban J connectivity index is 2.09. The second-order valence-corrected chi connectivity index (χ2v) is 3.80. The minimum Gasteiger partial charge on any atom is -0.481 e. The molecule has 0 amide bonds. The maximum Gasteiger partial charge on any atom is 0.305 e. The molecule has 1 N–H and O–H groups in total. The number of carboxylic acid groups (broad SMARTS) is 1. The predicted molar refractivity (Wildman–Crippen MR) is 53.7 cm³/mol. The lowest BCUT2D eigenvalue weighted by Crippen LogP contribution is -2.41. The molecule has 1 unspecified atom stereocenters. The molecule has 0 aliphatic carbocycles. The Morgan fingerprint density at radius 3 is 3.20 bits per heavy atom. The summed E-state index contributed by atoms with van der Waals surface area (Å²) < 4.78 is 4.78. The Labute approximate surface area is 87.7 Å². The number of anilines is 1. The van der Waals surface area contributed by atoms with Gasteiger partial charge >= 0.3 is 5.97 Å². The fourth-order valence-corrected chi connectivity index (χ4v) is 2.07. The molecule has 0 bridgehead atoms. The van der Waals surface area contributed by atoms with E-state index in [1.807, 2.05) is 4.90 Å². The molecule has 1 aliphatic heterocycles. The van der Waals surface area contributed by atoms with Crippen LogP contribution in [0.3, 0.4) is 0 Å². The number of aliphatic carboxylic acids is 1. The molecule has 5 nitrogen and oxygen atoms in total. The van der Waals surface area contributed by atoms with Gasteiger partial charge < -0.3 is 14.5 Å². The van der Waals surface area contributed by atoms with Crippen molar-refractivity contribution < 1.29 is 14.4 Å². The molecule has 0 aromatic carbocycles. The van der Waals surface area contributed by atoms with Crippen LogP contribution < -0.4 is 4.90 Å². The molecule has 2 rings (SSSR count). The minimum atomic E-state index is -0.754. The van der Waals surface area contributed by atoms with Gasteiger partial charge in [0.1, 0.15) is 6.26 Å². The smallest absolute Gasteiger partial charge is 0.305 e. The predicted octanol–water partition coefficient (Wildman–Crippen LogP) is 1.51. The maximum absolute atomic E-state index is 10.7. The molecule has 1 fully saturated rings. The summed E-state index contributed by atoms with van der Waals surface area (Å²) in [7, 11) is 0. The molecule has 5 heteroatoms. The van der Waals surface area contributed by atoms with Gasteiger partial charge in [0.2, 0.25) is 0 Å². The Kier molecular flexibility index (Phi) is 2.89. The summed E-state index contributed by atoms with van der Waals surface area (Å²) in [5, 5.41) is 12.7. The summed E-state index contributed by atoms with van der Waals surface area (Å²) in [4.78, 5) is 12.7. The molecule has 1 atom stereocenters. The quantitative estimate of drug-likeness (QED) is 0.819. The molecule has 1 aliphatic rings. The Morgan fingerprint density at radius 1 is 1.67 bits per heavy atom. The van der Waals surface area contributed by atoms with Crippen LogP contribution in [0.2, 0.25) is 0 Å². The van der Waals surface area contributed by atoms with Crippen LogP contribution >= 0.6 is 0 Å². The summed E-state index contributed by atoms with van der Waals surface area (Å²) in [5.41, 5.74) is 0. The highest BCUT2D eigenvalue weighted by molar-refractivity contribution is 5.68. The number of carbonyl (C=O) groups is 1. The fraction of sp³-hybridized carbons (Fsp3) is 0.600. The molecule has 1 saturated heterocycles. The molecular formula is C10H14N2O3. The minimum absolute atomic E-state index is 0.0568. The van der Waals surface area contributed by atoms with E-state index in [-0.39, 0.29) is 12.5 Å². The van der Waals surface area contributed by atoms with Crippen molar-refractivity contribution in [2.45, 2.75) is 31.7 Å². The number of hydrogen-bond donors (Lipinski definition) is 1. The van der Waals surface area contributed by atoms with E-state index in [0.29, 0.717) is 0 Å². The molecule has 2 heterocycles. The van der Waals surface area contributed by atoms with Crippen LogP contribution in [0.25, 0.3) is 0 Å². The first-order valence-corrected chi connectivity index (χ1v) is 5.16. The highest BCUT2D eigenvalue weighted by atomic mass is 16.5. The van der Waals surface area contributed by atoms with E-state index < -0.39 is 5.97 Å². The summed E-state index contributed by atoms with van der Waals surface area (Å²) in [5.74, 6) is -0.00338. The third-order valence-corrected chi connectivity index (χ3v) is 2.76. The average Bonchev–Trinajstić information content (AvgIpc) is 2.70. The summed E-state index contributed by atoms with van der Waals surface area (Å²) in [6.45, 7) is 0.866. The van der Waals surface area contributed by atoms with Crippen LogP contribution in [0.4, 0.5) is 5.82 Å². The van der Waals surface area contributed by atoms with E-state index in [1.165, 1.54) is 6.26 Å². The number of nitrogens with zero attached hydrogens (tertiary/aromatic N) is 2. The molecular weight excluding hydrogens is 196 g/mol. The van der Waals surface area contributed by atoms with Crippen LogP contribution in [-0.4, -0.2) is 28.8 Å². The highest BCUT2D eigenvalue weighted by Crippen LogP contribution is 2.24. The van der Waals surface area contributed by atoms with E-state index in [2.05, 4.69) is 5.16 Å². The van der Waals surface area contributed by atoms with Crippen molar-refractivity contribution in [3.63, 3.8) is 0 Å². The van der Waals surface area contributed by atoms with E-state index in [0.717, 1.165) is 31.6 Å².